The summed E-state index contributed by atoms with van der Waals surface area (Å²) in [7, 11) is 10.8. The van der Waals surface area contributed by atoms with Crippen molar-refractivity contribution < 1.29 is 72.8 Å². The van der Waals surface area contributed by atoms with Gasteiger partial charge in [-0.05, 0) is 143 Å². The van der Waals surface area contributed by atoms with Crippen LogP contribution in [0.1, 0.15) is 104 Å². The second-order valence-corrected chi connectivity index (χ2v) is 25.4. The molecule has 6 aliphatic heterocycles. The number of fused-ring (bicyclic) bond motifs is 2. The number of para-hydroxylation sites is 1. The highest BCUT2D eigenvalue weighted by molar-refractivity contribution is 5.79. The number of nitrogens with zero attached hydrogens (tertiary/aromatic N) is 5. The molecule has 0 bridgehead atoms. The van der Waals surface area contributed by atoms with E-state index in [1.807, 2.05) is 150 Å². The Morgan fingerprint density at radius 1 is 0.559 bits per heavy atom. The number of nitrogens with two attached hydrogens (primary N) is 1. The van der Waals surface area contributed by atoms with Crippen LogP contribution in [-0.4, -0.2) is 207 Å². The molecule has 5 aromatic carbocycles. The second kappa shape index (κ2) is 32.7. The third-order valence-electron chi connectivity index (χ3n) is 20.1. The van der Waals surface area contributed by atoms with Gasteiger partial charge in [0.05, 0.1) is 58.2 Å². The first-order chi connectivity index (χ1) is 44.6. The SMILES string of the molecule is CCCCN(CCN)C(=O)CN1C[C@H](c2ccc3c(c2)CCO3)[C@@H](C(=O)O)[C@@H]1CCc1cccc2c1OCO2.COc1ccc([C@H]2CN(C)[C@@H](C)[C@@H]2C(=O)O)cc1.COc1ccc([C@H]2CN(C)[C@@H](C)[C@@H]2C(=O)O)cc1.COc1ccc([C@H]2CN(C)[C@@H](C)[C@@H]2C(=O)O)cc1. The lowest BCUT2D eigenvalue weighted by Crippen LogP contribution is -2.45. The lowest BCUT2D eigenvalue weighted by Gasteiger charge is -2.29. The highest BCUT2D eigenvalue weighted by Crippen LogP contribution is 2.44. The quantitative estimate of drug-likeness (QED) is 0.0461. The minimum absolute atomic E-state index is 0.00313. The van der Waals surface area contributed by atoms with Crippen LogP contribution in [0.4, 0.5) is 0 Å². The molecule has 93 heavy (non-hydrogen) atoms. The number of aliphatic carboxylic acids is 4. The molecule has 0 radical (unpaired) electrons. The van der Waals surface area contributed by atoms with E-state index in [-0.39, 0.29) is 84.8 Å². The highest BCUT2D eigenvalue weighted by Gasteiger charge is 2.48. The fourth-order valence-corrected chi connectivity index (χ4v) is 14.5. The topological polar surface area (TPSA) is 264 Å². The van der Waals surface area contributed by atoms with Crippen molar-refractivity contribution in [2.45, 2.75) is 108 Å². The van der Waals surface area contributed by atoms with E-state index in [0.717, 1.165) is 101 Å². The van der Waals surface area contributed by atoms with Gasteiger partial charge < -0.3 is 74.2 Å². The molecule has 4 saturated heterocycles. The number of rotatable bonds is 21. The molecule has 0 spiro atoms. The van der Waals surface area contributed by atoms with Crippen LogP contribution in [0.25, 0.3) is 0 Å². The van der Waals surface area contributed by atoms with Gasteiger partial charge in [-0.3, -0.25) is 28.9 Å². The predicted octanol–water partition coefficient (Wildman–Crippen LogP) is 8.48. The van der Waals surface area contributed by atoms with Crippen LogP contribution in [-0.2, 0) is 36.8 Å². The molecule has 0 aliphatic carbocycles. The molecule has 6 aliphatic rings. The van der Waals surface area contributed by atoms with E-state index >= 15 is 0 Å². The molecule has 12 atom stereocenters. The summed E-state index contributed by atoms with van der Waals surface area (Å²) in [5.74, 6) is -0.0281. The average Bonchev–Trinajstić information content (AvgIpc) is 1.67. The summed E-state index contributed by atoms with van der Waals surface area (Å²) in [6, 6.07) is 34.8. The summed E-state index contributed by atoms with van der Waals surface area (Å²) in [5, 5.41) is 38.7. The third-order valence-corrected chi connectivity index (χ3v) is 20.1. The lowest BCUT2D eigenvalue weighted by molar-refractivity contribution is -0.144. The summed E-state index contributed by atoms with van der Waals surface area (Å²) in [5.41, 5.74) is 12.1. The molecule has 6 heterocycles. The Morgan fingerprint density at radius 3 is 1.44 bits per heavy atom. The zero-order valence-corrected chi connectivity index (χ0v) is 55.5. The maximum Gasteiger partial charge on any atom is 0.308 e. The number of unbranched alkanes of at least 4 members (excludes halogenated alkanes) is 1. The number of carboxylic acid groups (broad SMARTS) is 4. The Bertz CT molecular complexity index is 3100. The number of hydrogen-bond donors (Lipinski definition) is 5. The maximum atomic E-state index is 13.5. The summed E-state index contributed by atoms with van der Waals surface area (Å²) < 4.78 is 32.3. The van der Waals surface area contributed by atoms with Crippen LogP contribution in [0.5, 0.6) is 34.5 Å². The second-order valence-electron chi connectivity index (χ2n) is 25.4. The molecule has 21 nitrogen and oxygen atoms in total. The molecule has 4 fully saturated rings. The van der Waals surface area contributed by atoms with Gasteiger partial charge in [0, 0.05) is 100 Å². The zero-order valence-electron chi connectivity index (χ0n) is 55.5. The van der Waals surface area contributed by atoms with E-state index in [4.69, 9.17) is 34.2 Å². The Hall–Kier alpha value is -7.95. The molecule has 504 valence electrons. The molecule has 0 aromatic heterocycles. The monoisotopic (exact) mass is 1280 g/mol. The van der Waals surface area contributed by atoms with Gasteiger partial charge in [-0.15, -0.1) is 0 Å². The van der Waals surface area contributed by atoms with E-state index in [9.17, 15) is 44.4 Å². The van der Waals surface area contributed by atoms with Crippen molar-refractivity contribution in [3.05, 3.63) is 143 Å². The van der Waals surface area contributed by atoms with Crippen LogP contribution in [0, 0.1) is 23.7 Å². The van der Waals surface area contributed by atoms with Crippen molar-refractivity contribution in [1.82, 2.24) is 24.5 Å². The fraction of sp³-hybridized carbons (Fsp3) is 0.514. The van der Waals surface area contributed by atoms with Gasteiger partial charge >= 0.3 is 23.9 Å². The van der Waals surface area contributed by atoms with Crippen LogP contribution >= 0.6 is 0 Å². The first-order valence-electron chi connectivity index (χ1n) is 32.4. The van der Waals surface area contributed by atoms with Crippen molar-refractivity contribution >= 4 is 29.8 Å². The smallest absolute Gasteiger partial charge is 0.308 e. The van der Waals surface area contributed by atoms with Crippen molar-refractivity contribution in [2.24, 2.45) is 29.4 Å². The van der Waals surface area contributed by atoms with E-state index < -0.39 is 29.8 Å². The van der Waals surface area contributed by atoms with Crippen LogP contribution < -0.4 is 34.2 Å². The van der Waals surface area contributed by atoms with E-state index in [1.54, 1.807) is 21.3 Å². The van der Waals surface area contributed by atoms with Crippen molar-refractivity contribution in [3.8, 4) is 34.5 Å². The Labute approximate surface area is 547 Å². The first kappa shape index (κ1) is 70.9. The van der Waals surface area contributed by atoms with Crippen molar-refractivity contribution in [3.63, 3.8) is 0 Å². The van der Waals surface area contributed by atoms with Crippen LogP contribution in [0.2, 0.25) is 0 Å². The standard InChI is InChI=1S/C30H39N3O6.3C14H19NO3/c1-2-3-13-32(14-12-31)27(34)18-33-17-23(21-8-10-25-22(16-21)11-15-37-25)28(30(35)36)24(33)9-7-20-5-4-6-26-29(20)39-19-38-26;3*1-9-13(14(16)17)12(8-15(9)2)10-4-6-11(18-3)7-5-10/h4-6,8,10,16,23-24,28H,2-3,7,9,11-15,17-19,31H2,1H3,(H,35,36);3*4-7,9,12-13H,8H2,1-3H3,(H,16,17)/t23-,24+,28-;3*9-,12+,13-/m1000/s1. The number of ether oxygens (including phenoxy) is 6. The highest BCUT2D eigenvalue weighted by atomic mass is 16.7. The number of aryl methyl sites for hydroxylation is 1. The van der Waals surface area contributed by atoms with Crippen molar-refractivity contribution in [1.29, 1.82) is 0 Å². The first-order valence-corrected chi connectivity index (χ1v) is 32.4. The molecule has 5 aromatic rings. The van der Waals surface area contributed by atoms with Gasteiger partial charge in [0.1, 0.15) is 23.0 Å². The number of methoxy groups -OCH3 is 3. The number of amides is 1. The van der Waals surface area contributed by atoms with Crippen LogP contribution in [0.15, 0.2) is 109 Å². The molecular weight excluding hydrogens is 1190 g/mol. The fourth-order valence-electron chi connectivity index (χ4n) is 14.5. The number of carbonyl (C=O) groups is 5. The van der Waals surface area contributed by atoms with E-state index in [2.05, 4.69) is 32.6 Å². The number of likely N-dealkylation sites (N-methyl/N-ethyl adjacent to an activating group) is 3. The minimum atomic E-state index is -0.834. The molecule has 1 amide bonds. The van der Waals surface area contributed by atoms with Gasteiger partial charge in [-0.1, -0.05) is 74.0 Å². The molecule has 11 rings (SSSR count). The molecular formula is C72H96N6O15. The minimum Gasteiger partial charge on any atom is -0.497 e. The Kier molecular flexibility index (Phi) is 25.0. The van der Waals surface area contributed by atoms with Gasteiger partial charge in [-0.2, -0.15) is 0 Å². The average molecular weight is 1290 g/mol. The lowest BCUT2D eigenvalue weighted by atomic mass is 9.83. The maximum absolute atomic E-state index is 13.5. The molecule has 21 heteroatoms. The molecule has 0 saturated carbocycles. The number of carbonyl (C=O) groups excluding carboxylic acids is 1. The molecule has 0 unspecified atom stereocenters. The van der Waals surface area contributed by atoms with Crippen molar-refractivity contribution in [2.75, 3.05) is 108 Å². The van der Waals surface area contributed by atoms with E-state index in [1.165, 1.54) is 0 Å². The van der Waals surface area contributed by atoms with Crippen LogP contribution in [0.3, 0.4) is 0 Å². The van der Waals surface area contributed by atoms with Gasteiger partial charge in [0.25, 0.3) is 0 Å². The zero-order chi connectivity index (χ0) is 67.2. The van der Waals surface area contributed by atoms with Gasteiger partial charge in [0.15, 0.2) is 11.5 Å². The van der Waals surface area contributed by atoms with Gasteiger partial charge in [0.2, 0.25) is 12.7 Å². The predicted molar refractivity (Wildman–Crippen MR) is 353 cm³/mol. The number of hydrogen-bond acceptors (Lipinski definition) is 16. The Morgan fingerprint density at radius 2 is 1.01 bits per heavy atom. The summed E-state index contributed by atoms with van der Waals surface area (Å²) in [6.45, 7) is 13.4. The number of carboxylic acids is 4. The summed E-state index contributed by atoms with van der Waals surface area (Å²) in [6.07, 6.45) is 3.93. The normalized spacial score (nSPS) is 25.5. The summed E-state index contributed by atoms with van der Waals surface area (Å²) >= 11 is 0. The largest absolute Gasteiger partial charge is 0.497 e. The number of likely N-dealkylation sites (tertiary alicyclic amines) is 4. The molecule has 6 N–H and O–H groups in total. The Balaban J connectivity index is 0.000000173. The van der Waals surface area contributed by atoms with Gasteiger partial charge in [-0.25, -0.2) is 0 Å². The summed E-state index contributed by atoms with van der Waals surface area (Å²) in [4.78, 5) is 70.8. The number of benzene rings is 5. The van der Waals surface area contributed by atoms with E-state index in [0.29, 0.717) is 51.4 Å². The third kappa shape index (κ3) is 16.9.